The lowest BCUT2D eigenvalue weighted by atomic mass is 10.1. The summed E-state index contributed by atoms with van der Waals surface area (Å²) in [6, 6.07) is 7.89. The average Bonchev–Trinajstić information content (AvgIpc) is 2.63. The second-order valence-electron chi connectivity index (χ2n) is 6.90. The van der Waals surface area contributed by atoms with E-state index in [1.807, 2.05) is 24.3 Å². The number of anilines is 1. The van der Waals surface area contributed by atoms with Gasteiger partial charge in [-0.2, -0.15) is 0 Å². The van der Waals surface area contributed by atoms with Gasteiger partial charge in [-0.25, -0.2) is 0 Å². The number of nitrogens with one attached hydrogen (secondary N) is 3. The molecule has 0 bridgehead atoms. The molecular formula is C20H25N5O2. The maximum Gasteiger partial charge on any atom is 0.271 e. The molecular weight excluding hydrogens is 342 g/mol. The molecule has 0 atom stereocenters. The van der Waals surface area contributed by atoms with Crippen LogP contribution in [0.4, 0.5) is 5.69 Å². The van der Waals surface area contributed by atoms with Crippen molar-refractivity contribution in [3.63, 3.8) is 0 Å². The molecule has 2 aromatic rings. The van der Waals surface area contributed by atoms with Gasteiger partial charge in [0.2, 0.25) is 5.91 Å². The Balaban J connectivity index is 1.54. The third-order valence-corrected chi connectivity index (χ3v) is 4.32. The van der Waals surface area contributed by atoms with Crippen LogP contribution in [0.3, 0.4) is 0 Å². The largest absolute Gasteiger partial charge is 0.374 e. The molecule has 1 aliphatic rings. The Morgan fingerprint density at radius 1 is 1.41 bits per heavy atom. The molecule has 3 heterocycles. The topological polar surface area (TPSA) is 90.1 Å². The zero-order valence-electron chi connectivity index (χ0n) is 15.6. The molecule has 3 rings (SSSR count). The van der Waals surface area contributed by atoms with Gasteiger partial charge in [0.1, 0.15) is 5.69 Å². The molecule has 27 heavy (non-hydrogen) atoms. The van der Waals surface area contributed by atoms with E-state index in [0.717, 1.165) is 11.3 Å². The highest BCUT2D eigenvalue weighted by atomic mass is 16.2. The van der Waals surface area contributed by atoms with E-state index in [2.05, 4.69) is 34.4 Å². The number of aromatic amines is 1. The summed E-state index contributed by atoms with van der Waals surface area (Å²) >= 11 is 0. The number of likely N-dealkylation sites (tertiary alicyclic amines) is 1. The second-order valence-corrected chi connectivity index (χ2v) is 6.90. The first-order valence-corrected chi connectivity index (χ1v) is 9.12. The lowest BCUT2D eigenvalue weighted by molar-refractivity contribution is -0.129. The normalized spacial score (nSPS) is 14.6. The van der Waals surface area contributed by atoms with Gasteiger partial charge < -0.3 is 20.5 Å². The van der Waals surface area contributed by atoms with Crippen LogP contribution in [0.25, 0.3) is 11.3 Å². The van der Waals surface area contributed by atoms with Gasteiger partial charge in [0, 0.05) is 49.7 Å². The fraction of sp³-hybridized carbons (Fsp3) is 0.350. The van der Waals surface area contributed by atoms with Crippen LogP contribution in [-0.2, 0) is 4.79 Å². The van der Waals surface area contributed by atoms with Gasteiger partial charge in [-0.05, 0) is 18.2 Å². The van der Waals surface area contributed by atoms with Gasteiger partial charge >= 0.3 is 0 Å². The van der Waals surface area contributed by atoms with Crippen molar-refractivity contribution in [3.05, 3.63) is 59.2 Å². The zero-order valence-corrected chi connectivity index (χ0v) is 15.6. The first-order valence-electron chi connectivity index (χ1n) is 9.12. The van der Waals surface area contributed by atoms with E-state index in [9.17, 15) is 9.59 Å². The van der Waals surface area contributed by atoms with Crippen molar-refractivity contribution in [2.24, 2.45) is 0 Å². The molecule has 1 amide bonds. The summed E-state index contributed by atoms with van der Waals surface area (Å²) in [7, 11) is 0. The Morgan fingerprint density at radius 3 is 2.93 bits per heavy atom. The highest BCUT2D eigenvalue weighted by Crippen LogP contribution is 2.19. The molecule has 0 aromatic carbocycles. The van der Waals surface area contributed by atoms with Crippen molar-refractivity contribution in [2.75, 3.05) is 25.0 Å². The molecule has 2 aromatic heterocycles. The van der Waals surface area contributed by atoms with Gasteiger partial charge in [-0.3, -0.25) is 14.6 Å². The van der Waals surface area contributed by atoms with Crippen molar-refractivity contribution in [2.45, 2.75) is 25.9 Å². The van der Waals surface area contributed by atoms with E-state index >= 15 is 0 Å². The van der Waals surface area contributed by atoms with Crippen molar-refractivity contribution in [1.82, 2.24) is 20.2 Å². The standard InChI is InChI=1S/C20H25N5O2/c1-14(2)21-9-5-7-19(26)25-12-16(13-25)24-18-10-15(11-23-20(18)27)17-6-3-4-8-22-17/h3-8,10-11,14,16,21,24H,9,12-13H2,1-2H3,(H,23,27). The number of carbonyl (C=O) groups excluding carboxylic acids is 1. The molecule has 0 saturated carbocycles. The van der Waals surface area contributed by atoms with Crippen LogP contribution in [0.15, 0.2) is 53.6 Å². The molecule has 7 heteroatoms. The van der Waals surface area contributed by atoms with Crippen molar-refractivity contribution < 1.29 is 4.79 Å². The van der Waals surface area contributed by atoms with E-state index in [0.29, 0.717) is 31.4 Å². The quantitative estimate of drug-likeness (QED) is 0.647. The number of rotatable bonds is 7. The minimum absolute atomic E-state index is 0.00486. The van der Waals surface area contributed by atoms with E-state index in [4.69, 9.17) is 0 Å². The van der Waals surface area contributed by atoms with E-state index in [-0.39, 0.29) is 17.5 Å². The third-order valence-electron chi connectivity index (χ3n) is 4.32. The fourth-order valence-electron chi connectivity index (χ4n) is 2.81. The average molecular weight is 367 g/mol. The Bertz CT molecular complexity index is 854. The first-order chi connectivity index (χ1) is 13.0. The highest BCUT2D eigenvalue weighted by molar-refractivity contribution is 5.88. The lowest BCUT2D eigenvalue weighted by Gasteiger charge is -2.39. The number of aromatic nitrogens is 2. The highest BCUT2D eigenvalue weighted by Gasteiger charge is 2.29. The number of nitrogens with zero attached hydrogens (tertiary/aromatic N) is 2. The molecule has 7 nitrogen and oxygen atoms in total. The first kappa shape index (κ1) is 18.8. The second kappa shape index (κ2) is 8.64. The van der Waals surface area contributed by atoms with Gasteiger partial charge in [-0.15, -0.1) is 0 Å². The van der Waals surface area contributed by atoms with Crippen LogP contribution < -0.4 is 16.2 Å². The van der Waals surface area contributed by atoms with Crippen molar-refractivity contribution in [3.8, 4) is 11.3 Å². The number of pyridine rings is 2. The molecule has 1 aliphatic heterocycles. The maximum absolute atomic E-state index is 12.1. The maximum atomic E-state index is 12.1. The Labute approximate surface area is 158 Å². The number of carbonyl (C=O) groups is 1. The molecule has 0 spiro atoms. The number of hydrogen-bond acceptors (Lipinski definition) is 5. The summed E-state index contributed by atoms with van der Waals surface area (Å²) in [6.45, 7) is 5.95. The van der Waals surface area contributed by atoms with Gasteiger partial charge in [0.25, 0.3) is 5.56 Å². The summed E-state index contributed by atoms with van der Waals surface area (Å²) in [4.78, 5) is 33.0. The monoisotopic (exact) mass is 367 g/mol. The Morgan fingerprint density at radius 2 is 2.22 bits per heavy atom. The van der Waals surface area contributed by atoms with Crippen molar-refractivity contribution >= 4 is 11.6 Å². The van der Waals surface area contributed by atoms with Crippen molar-refractivity contribution in [1.29, 1.82) is 0 Å². The predicted molar refractivity (Wildman–Crippen MR) is 107 cm³/mol. The molecule has 1 saturated heterocycles. The van der Waals surface area contributed by atoms with Gasteiger partial charge in [-0.1, -0.05) is 26.0 Å². The molecule has 0 unspecified atom stereocenters. The Hall–Kier alpha value is -2.93. The number of amides is 1. The smallest absolute Gasteiger partial charge is 0.271 e. The number of H-pyrrole nitrogens is 1. The zero-order chi connectivity index (χ0) is 19.2. The molecule has 3 N–H and O–H groups in total. The SMILES string of the molecule is CC(C)NCC=CC(=O)N1CC(Nc2cc(-c3ccccn3)c[nH]c2=O)C1. The molecule has 142 valence electrons. The summed E-state index contributed by atoms with van der Waals surface area (Å²) in [5.41, 5.74) is 1.94. The minimum Gasteiger partial charge on any atom is -0.374 e. The van der Waals surface area contributed by atoms with Crippen LogP contribution in [0.2, 0.25) is 0 Å². The summed E-state index contributed by atoms with van der Waals surface area (Å²) in [5.74, 6) is -0.00486. The fourth-order valence-corrected chi connectivity index (χ4v) is 2.81. The summed E-state index contributed by atoms with van der Waals surface area (Å²) in [6.07, 6.45) is 6.81. The molecule has 1 fully saturated rings. The van der Waals surface area contributed by atoms with E-state index in [1.54, 1.807) is 29.4 Å². The van der Waals surface area contributed by atoms with Crippen LogP contribution in [-0.4, -0.2) is 52.5 Å². The molecule has 0 radical (unpaired) electrons. The number of hydrogen-bond donors (Lipinski definition) is 3. The van der Waals surface area contributed by atoms with Crippen LogP contribution in [0, 0.1) is 0 Å². The molecule has 0 aliphatic carbocycles. The van der Waals surface area contributed by atoms with Gasteiger partial charge in [0.05, 0.1) is 11.7 Å². The third kappa shape index (κ3) is 5.04. The Kier molecular flexibility index (Phi) is 6.03. The van der Waals surface area contributed by atoms with Crippen LogP contribution >= 0.6 is 0 Å². The van der Waals surface area contributed by atoms with Gasteiger partial charge in [0.15, 0.2) is 0 Å². The van der Waals surface area contributed by atoms with Crippen LogP contribution in [0.5, 0.6) is 0 Å². The summed E-state index contributed by atoms with van der Waals surface area (Å²) in [5, 5.41) is 6.45. The summed E-state index contributed by atoms with van der Waals surface area (Å²) < 4.78 is 0. The lowest BCUT2D eigenvalue weighted by Crippen LogP contribution is -2.57. The van der Waals surface area contributed by atoms with Crippen LogP contribution in [0.1, 0.15) is 13.8 Å². The minimum atomic E-state index is -0.181. The van der Waals surface area contributed by atoms with E-state index < -0.39 is 0 Å². The predicted octanol–water partition coefficient (Wildman–Crippen LogP) is 1.61. The van der Waals surface area contributed by atoms with E-state index in [1.165, 1.54) is 0 Å².